The van der Waals surface area contributed by atoms with Crippen molar-refractivity contribution >= 4 is 29.1 Å². The fourth-order valence-electron chi connectivity index (χ4n) is 2.37. The highest BCUT2D eigenvalue weighted by atomic mass is 32.2. The first-order valence-corrected chi connectivity index (χ1v) is 9.09. The summed E-state index contributed by atoms with van der Waals surface area (Å²) in [6, 6.07) is 18.6. The van der Waals surface area contributed by atoms with E-state index in [1.807, 2.05) is 6.07 Å². The average molecular weight is 383 g/mol. The molecule has 0 aliphatic rings. The number of anilines is 1. The minimum Gasteiger partial charge on any atom is -0.319 e. The number of hydrogen-bond donors (Lipinski definition) is 1. The van der Waals surface area contributed by atoms with Crippen molar-refractivity contribution in [2.75, 3.05) is 11.1 Å². The van der Waals surface area contributed by atoms with E-state index < -0.39 is 17.5 Å². The molecular formula is C21H15F2NO2S. The molecule has 3 aromatic rings. The van der Waals surface area contributed by atoms with Gasteiger partial charge in [-0.15, -0.1) is 11.8 Å². The van der Waals surface area contributed by atoms with Gasteiger partial charge in [-0.25, -0.2) is 8.78 Å². The summed E-state index contributed by atoms with van der Waals surface area (Å²) in [6.07, 6.45) is 0. The first kappa shape index (κ1) is 18.8. The third kappa shape index (κ3) is 5.01. The number of carbonyl (C=O) groups excluding carboxylic acids is 2. The van der Waals surface area contributed by atoms with Crippen molar-refractivity contribution < 1.29 is 18.4 Å². The quantitative estimate of drug-likeness (QED) is 0.471. The maximum absolute atomic E-state index is 13.7. The number of rotatable bonds is 6. The van der Waals surface area contributed by atoms with Crippen molar-refractivity contribution in [3.05, 3.63) is 95.6 Å². The largest absolute Gasteiger partial charge is 0.319 e. The van der Waals surface area contributed by atoms with Gasteiger partial charge in [-0.05, 0) is 30.3 Å². The minimum absolute atomic E-state index is 0.0103. The second kappa shape index (κ2) is 8.60. The predicted molar refractivity (Wildman–Crippen MR) is 102 cm³/mol. The smallest absolute Gasteiger partial charge is 0.255 e. The average Bonchev–Trinajstić information content (AvgIpc) is 2.69. The molecule has 0 bridgehead atoms. The van der Waals surface area contributed by atoms with Gasteiger partial charge in [-0.3, -0.25) is 9.59 Å². The third-order valence-electron chi connectivity index (χ3n) is 3.74. The van der Waals surface area contributed by atoms with Crippen LogP contribution in [0.4, 0.5) is 14.5 Å². The zero-order chi connectivity index (χ0) is 19.2. The van der Waals surface area contributed by atoms with Crippen molar-refractivity contribution in [3.63, 3.8) is 0 Å². The summed E-state index contributed by atoms with van der Waals surface area (Å²) in [5, 5.41) is 2.41. The van der Waals surface area contributed by atoms with Gasteiger partial charge in [0, 0.05) is 22.1 Å². The molecule has 0 aromatic heterocycles. The molecular weight excluding hydrogens is 368 g/mol. The summed E-state index contributed by atoms with van der Waals surface area (Å²) < 4.78 is 26.6. The molecule has 0 aliphatic heterocycles. The lowest BCUT2D eigenvalue weighted by Crippen LogP contribution is -2.13. The van der Waals surface area contributed by atoms with E-state index in [1.54, 1.807) is 48.5 Å². The number of thioether (sulfide) groups is 1. The Bertz CT molecular complexity index is 977. The van der Waals surface area contributed by atoms with Crippen LogP contribution in [0, 0.1) is 11.6 Å². The Kier molecular flexibility index (Phi) is 5.98. The highest BCUT2D eigenvalue weighted by Crippen LogP contribution is 2.22. The molecule has 27 heavy (non-hydrogen) atoms. The molecule has 6 heteroatoms. The maximum Gasteiger partial charge on any atom is 0.255 e. The zero-order valence-corrected chi connectivity index (χ0v) is 14.9. The molecule has 0 heterocycles. The van der Waals surface area contributed by atoms with Gasteiger partial charge in [0.1, 0.15) is 11.6 Å². The van der Waals surface area contributed by atoms with Crippen LogP contribution in [-0.4, -0.2) is 17.4 Å². The molecule has 136 valence electrons. The molecule has 0 radical (unpaired) electrons. The lowest BCUT2D eigenvalue weighted by Gasteiger charge is -2.08. The number of benzene rings is 3. The van der Waals surface area contributed by atoms with Crippen LogP contribution >= 0.6 is 11.8 Å². The molecule has 1 amide bonds. The Balaban J connectivity index is 1.66. The van der Waals surface area contributed by atoms with Gasteiger partial charge < -0.3 is 5.32 Å². The Labute approximate surface area is 159 Å². The number of nitrogens with one attached hydrogen (secondary N) is 1. The Morgan fingerprint density at radius 3 is 2.33 bits per heavy atom. The van der Waals surface area contributed by atoms with Crippen LogP contribution in [0.2, 0.25) is 0 Å². The number of carbonyl (C=O) groups is 2. The summed E-state index contributed by atoms with van der Waals surface area (Å²) in [4.78, 5) is 25.2. The fourth-order valence-corrected chi connectivity index (χ4v) is 3.22. The number of Topliss-reactive ketones (excluding diaryl/α,β-unsaturated/α-hetero) is 1. The third-order valence-corrected chi connectivity index (χ3v) is 4.74. The van der Waals surface area contributed by atoms with Gasteiger partial charge in [0.15, 0.2) is 5.78 Å². The maximum atomic E-state index is 13.7. The van der Waals surface area contributed by atoms with Crippen molar-refractivity contribution in [1.82, 2.24) is 0 Å². The van der Waals surface area contributed by atoms with Gasteiger partial charge in [-0.1, -0.05) is 36.4 Å². The van der Waals surface area contributed by atoms with E-state index in [2.05, 4.69) is 5.32 Å². The second-order valence-corrected chi connectivity index (χ2v) is 6.73. The van der Waals surface area contributed by atoms with E-state index in [4.69, 9.17) is 0 Å². The van der Waals surface area contributed by atoms with Crippen LogP contribution < -0.4 is 5.32 Å². The molecule has 0 atom stereocenters. The fraction of sp³-hybridized carbons (Fsp3) is 0.0476. The van der Waals surface area contributed by atoms with Crippen LogP contribution in [-0.2, 0) is 0 Å². The number of hydrogen-bond acceptors (Lipinski definition) is 3. The summed E-state index contributed by atoms with van der Waals surface area (Å²) in [6.45, 7) is 0. The van der Waals surface area contributed by atoms with E-state index in [-0.39, 0.29) is 17.2 Å². The van der Waals surface area contributed by atoms with Crippen molar-refractivity contribution in [2.24, 2.45) is 0 Å². The molecule has 0 aliphatic carbocycles. The molecule has 3 aromatic carbocycles. The van der Waals surface area contributed by atoms with E-state index in [9.17, 15) is 18.4 Å². The van der Waals surface area contributed by atoms with Crippen LogP contribution in [0.1, 0.15) is 20.7 Å². The van der Waals surface area contributed by atoms with Crippen LogP contribution in [0.3, 0.4) is 0 Å². The first-order valence-electron chi connectivity index (χ1n) is 8.10. The minimum atomic E-state index is -0.845. The molecule has 3 nitrogen and oxygen atoms in total. The van der Waals surface area contributed by atoms with Gasteiger partial charge >= 0.3 is 0 Å². The van der Waals surface area contributed by atoms with Crippen LogP contribution in [0.5, 0.6) is 0 Å². The summed E-state index contributed by atoms with van der Waals surface area (Å²) >= 11 is 1.31. The van der Waals surface area contributed by atoms with Gasteiger partial charge in [0.2, 0.25) is 0 Å². The number of amides is 1. The Hall–Kier alpha value is -2.99. The van der Waals surface area contributed by atoms with Crippen LogP contribution in [0.15, 0.2) is 77.7 Å². The highest BCUT2D eigenvalue weighted by molar-refractivity contribution is 8.00. The Morgan fingerprint density at radius 2 is 1.59 bits per heavy atom. The monoisotopic (exact) mass is 383 g/mol. The highest BCUT2D eigenvalue weighted by Gasteiger charge is 2.12. The van der Waals surface area contributed by atoms with Gasteiger partial charge in [-0.2, -0.15) is 0 Å². The predicted octanol–water partition coefficient (Wildman–Crippen LogP) is 5.19. The Morgan fingerprint density at radius 1 is 0.852 bits per heavy atom. The number of halogens is 2. The van der Waals surface area contributed by atoms with E-state index in [0.717, 1.165) is 11.0 Å². The standard InChI is InChI=1S/C21H15F2NO2S/c22-16-9-10-19(18(23)12-16)24-21(26)15-7-4-8-17(11-15)27-13-20(25)14-5-2-1-3-6-14/h1-12H,13H2,(H,24,26). The van der Waals surface area contributed by atoms with Gasteiger partial charge in [0.05, 0.1) is 11.4 Å². The molecule has 3 rings (SSSR count). The lowest BCUT2D eigenvalue weighted by atomic mass is 10.2. The summed E-state index contributed by atoms with van der Waals surface area (Å²) in [7, 11) is 0. The SMILES string of the molecule is O=C(CSc1cccc(C(=O)Nc2ccc(F)cc2F)c1)c1ccccc1. The summed E-state index contributed by atoms with van der Waals surface area (Å²) in [5.74, 6) is -1.85. The normalized spacial score (nSPS) is 10.4. The first-order chi connectivity index (χ1) is 13.0. The molecule has 0 saturated heterocycles. The van der Waals surface area contributed by atoms with Crippen molar-refractivity contribution in [2.45, 2.75) is 4.90 Å². The van der Waals surface area contributed by atoms with Gasteiger partial charge in [0.25, 0.3) is 5.91 Å². The van der Waals surface area contributed by atoms with Crippen LogP contribution in [0.25, 0.3) is 0 Å². The van der Waals surface area contributed by atoms with E-state index in [0.29, 0.717) is 17.2 Å². The van der Waals surface area contributed by atoms with Crippen molar-refractivity contribution in [1.29, 1.82) is 0 Å². The second-order valence-electron chi connectivity index (χ2n) is 5.68. The van der Waals surface area contributed by atoms with E-state index in [1.165, 1.54) is 17.8 Å². The molecule has 0 spiro atoms. The topological polar surface area (TPSA) is 46.2 Å². The van der Waals surface area contributed by atoms with Crippen molar-refractivity contribution in [3.8, 4) is 0 Å². The number of ketones is 1. The lowest BCUT2D eigenvalue weighted by molar-refractivity contribution is 0.101. The molecule has 0 fully saturated rings. The summed E-state index contributed by atoms with van der Waals surface area (Å²) in [5.41, 5.74) is 0.847. The molecule has 0 unspecified atom stereocenters. The molecule has 1 N–H and O–H groups in total. The molecule has 0 saturated carbocycles. The zero-order valence-electron chi connectivity index (χ0n) is 14.1. The van der Waals surface area contributed by atoms with E-state index >= 15 is 0 Å².